The molecule has 0 radical (unpaired) electrons. The van der Waals surface area contributed by atoms with Crippen molar-refractivity contribution in [2.75, 3.05) is 11.0 Å². The summed E-state index contributed by atoms with van der Waals surface area (Å²) < 4.78 is 12.5. The lowest BCUT2D eigenvalue weighted by molar-refractivity contribution is -0.0863. The van der Waals surface area contributed by atoms with Gasteiger partial charge in [-0.05, 0) is 53.4 Å². The third kappa shape index (κ3) is 7.49. The molecule has 4 nitrogen and oxygen atoms in total. The molecule has 0 aromatic rings. The molecule has 1 N–H and O–H groups in total. The van der Waals surface area contributed by atoms with E-state index >= 15 is 0 Å². The summed E-state index contributed by atoms with van der Waals surface area (Å²) in [6, 6.07) is 0. The van der Waals surface area contributed by atoms with Crippen LogP contribution in [0.4, 0.5) is 4.79 Å². The highest BCUT2D eigenvalue weighted by Crippen LogP contribution is 2.30. The third-order valence-corrected chi connectivity index (χ3v) is 5.69. The Bertz CT molecular complexity index is 350. The number of alkyl carbamates (subject to hydrolysis) is 1. The Morgan fingerprint density at radius 3 is 2.32 bits per heavy atom. The first-order chi connectivity index (χ1) is 10.2. The summed E-state index contributed by atoms with van der Waals surface area (Å²) in [6.45, 7) is 10.3. The van der Waals surface area contributed by atoms with E-state index in [0.717, 1.165) is 4.43 Å². The number of nitrogens with one attached hydrogen (secondary N) is 1. The van der Waals surface area contributed by atoms with E-state index in [1.165, 1.54) is 32.1 Å². The quantitative estimate of drug-likeness (QED) is 0.496. The minimum absolute atomic E-state index is 0.237. The SMILES string of the molecule is CC(OC(C)(CI)CNC(=O)OC(C)(C)C)C1CCCCC1. The van der Waals surface area contributed by atoms with Crippen LogP contribution >= 0.6 is 22.6 Å². The molecule has 0 spiro atoms. The van der Waals surface area contributed by atoms with Gasteiger partial charge in [0.1, 0.15) is 5.60 Å². The second kappa shape index (κ2) is 8.71. The van der Waals surface area contributed by atoms with Crippen LogP contribution in [-0.4, -0.2) is 34.4 Å². The summed E-state index contributed by atoms with van der Waals surface area (Å²) in [4.78, 5) is 11.8. The minimum atomic E-state index is -0.471. The molecule has 0 aliphatic heterocycles. The third-order valence-electron chi connectivity index (χ3n) is 4.07. The Labute approximate surface area is 149 Å². The van der Waals surface area contributed by atoms with E-state index in [-0.39, 0.29) is 17.8 Å². The number of ether oxygens (including phenoxy) is 2. The molecule has 0 heterocycles. The molecule has 1 saturated carbocycles. The van der Waals surface area contributed by atoms with Crippen LogP contribution in [0.15, 0.2) is 0 Å². The Balaban J connectivity index is 2.47. The van der Waals surface area contributed by atoms with Crippen LogP contribution in [-0.2, 0) is 9.47 Å². The molecule has 2 atom stereocenters. The molecular weight excluding hydrogens is 393 g/mol. The highest BCUT2D eigenvalue weighted by molar-refractivity contribution is 14.1. The van der Waals surface area contributed by atoms with Crippen LogP contribution in [0.1, 0.15) is 66.7 Å². The molecule has 1 aliphatic carbocycles. The Morgan fingerprint density at radius 1 is 1.23 bits per heavy atom. The predicted molar refractivity (Wildman–Crippen MR) is 98.7 cm³/mol. The molecule has 2 unspecified atom stereocenters. The number of carbonyl (C=O) groups is 1. The molecule has 1 fully saturated rings. The van der Waals surface area contributed by atoms with Gasteiger partial charge in [-0.2, -0.15) is 0 Å². The minimum Gasteiger partial charge on any atom is -0.444 e. The highest BCUT2D eigenvalue weighted by Gasteiger charge is 2.31. The summed E-state index contributed by atoms with van der Waals surface area (Å²) in [5.74, 6) is 0.651. The predicted octanol–water partition coefficient (Wildman–Crippen LogP) is 4.69. The fourth-order valence-electron chi connectivity index (χ4n) is 2.84. The van der Waals surface area contributed by atoms with Crippen molar-refractivity contribution in [2.24, 2.45) is 5.92 Å². The van der Waals surface area contributed by atoms with Crippen LogP contribution in [0, 0.1) is 5.92 Å². The maximum absolute atomic E-state index is 11.8. The van der Waals surface area contributed by atoms with Gasteiger partial charge in [0, 0.05) is 4.43 Å². The molecule has 0 aromatic carbocycles. The van der Waals surface area contributed by atoms with Gasteiger partial charge in [0.15, 0.2) is 0 Å². The molecule has 22 heavy (non-hydrogen) atoms. The second-order valence-corrected chi connectivity index (χ2v) is 8.42. The van der Waals surface area contributed by atoms with Crippen LogP contribution < -0.4 is 5.32 Å². The number of carbonyl (C=O) groups excluding carboxylic acids is 1. The van der Waals surface area contributed by atoms with E-state index in [0.29, 0.717) is 12.5 Å². The summed E-state index contributed by atoms with van der Waals surface area (Å²) in [6.07, 6.45) is 6.37. The zero-order valence-corrected chi connectivity index (χ0v) is 16.9. The number of halogens is 1. The fourth-order valence-corrected chi connectivity index (χ4v) is 3.29. The summed E-state index contributed by atoms with van der Waals surface area (Å²) in [5.41, 5.74) is -0.824. The number of rotatable bonds is 6. The van der Waals surface area contributed by atoms with Crippen molar-refractivity contribution in [3.8, 4) is 0 Å². The second-order valence-electron chi connectivity index (χ2n) is 7.66. The van der Waals surface area contributed by atoms with Gasteiger partial charge in [-0.15, -0.1) is 0 Å². The van der Waals surface area contributed by atoms with Crippen molar-refractivity contribution in [1.82, 2.24) is 5.32 Å². The lowest BCUT2D eigenvalue weighted by Gasteiger charge is -2.36. The lowest BCUT2D eigenvalue weighted by atomic mass is 9.85. The Morgan fingerprint density at radius 2 is 1.82 bits per heavy atom. The zero-order chi connectivity index (χ0) is 16.8. The molecule has 0 saturated heterocycles. The molecule has 1 rings (SSSR count). The molecule has 1 amide bonds. The van der Waals surface area contributed by atoms with Crippen molar-refractivity contribution in [3.05, 3.63) is 0 Å². The highest BCUT2D eigenvalue weighted by atomic mass is 127. The van der Waals surface area contributed by atoms with E-state index < -0.39 is 5.60 Å². The normalized spacial score (nSPS) is 21.0. The van der Waals surface area contributed by atoms with Gasteiger partial charge in [0.2, 0.25) is 0 Å². The van der Waals surface area contributed by atoms with Crippen LogP contribution in [0.25, 0.3) is 0 Å². The van der Waals surface area contributed by atoms with Crippen molar-refractivity contribution in [2.45, 2.75) is 84.0 Å². The molecular formula is C17H32INO3. The molecule has 0 aromatic heterocycles. The lowest BCUT2D eigenvalue weighted by Crippen LogP contribution is -2.48. The first-order valence-electron chi connectivity index (χ1n) is 8.36. The largest absolute Gasteiger partial charge is 0.444 e. The maximum atomic E-state index is 11.8. The van der Waals surface area contributed by atoms with E-state index in [1.54, 1.807) is 0 Å². The van der Waals surface area contributed by atoms with Crippen molar-refractivity contribution < 1.29 is 14.3 Å². The number of amides is 1. The van der Waals surface area contributed by atoms with E-state index in [4.69, 9.17) is 9.47 Å². The van der Waals surface area contributed by atoms with Gasteiger partial charge >= 0.3 is 6.09 Å². The molecule has 5 heteroatoms. The van der Waals surface area contributed by atoms with Crippen molar-refractivity contribution in [1.29, 1.82) is 0 Å². The van der Waals surface area contributed by atoms with Gasteiger partial charge in [-0.25, -0.2) is 4.79 Å². The maximum Gasteiger partial charge on any atom is 0.407 e. The first kappa shape index (κ1) is 20.0. The standard InChI is InChI=1S/C17H32INO3/c1-13(14-9-7-6-8-10-14)21-17(5,11-18)12-19-15(20)22-16(2,3)4/h13-14H,6-12H2,1-5H3,(H,19,20). The van der Waals surface area contributed by atoms with E-state index in [9.17, 15) is 4.79 Å². The summed E-state index contributed by atoms with van der Waals surface area (Å²) >= 11 is 2.33. The smallest absolute Gasteiger partial charge is 0.407 e. The summed E-state index contributed by atoms with van der Waals surface area (Å²) in [5, 5.41) is 2.85. The van der Waals surface area contributed by atoms with Gasteiger partial charge < -0.3 is 14.8 Å². The van der Waals surface area contributed by atoms with Gasteiger partial charge in [0.25, 0.3) is 0 Å². The van der Waals surface area contributed by atoms with Crippen molar-refractivity contribution >= 4 is 28.7 Å². The summed E-state index contributed by atoms with van der Waals surface area (Å²) in [7, 11) is 0. The average Bonchev–Trinajstić information content (AvgIpc) is 2.44. The van der Waals surface area contributed by atoms with Crippen LogP contribution in [0.5, 0.6) is 0 Å². The number of alkyl halides is 1. The monoisotopic (exact) mass is 425 g/mol. The first-order valence-corrected chi connectivity index (χ1v) is 9.88. The molecule has 0 bridgehead atoms. The fraction of sp³-hybridized carbons (Fsp3) is 0.941. The van der Waals surface area contributed by atoms with Gasteiger partial charge in [-0.3, -0.25) is 0 Å². The van der Waals surface area contributed by atoms with E-state index in [2.05, 4.69) is 41.8 Å². The number of hydrogen-bond donors (Lipinski definition) is 1. The van der Waals surface area contributed by atoms with E-state index in [1.807, 2.05) is 20.8 Å². The zero-order valence-electron chi connectivity index (χ0n) is 14.7. The van der Waals surface area contributed by atoms with Crippen molar-refractivity contribution in [3.63, 3.8) is 0 Å². The number of hydrogen-bond acceptors (Lipinski definition) is 3. The van der Waals surface area contributed by atoms with Gasteiger partial charge in [0.05, 0.1) is 18.2 Å². The molecule has 1 aliphatic rings. The Kier molecular flexibility index (Phi) is 7.92. The van der Waals surface area contributed by atoms with Crippen LogP contribution in [0.2, 0.25) is 0 Å². The average molecular weight is 425 g/mol. The Hall–Kier alpha value is -0.0400. The van der Waals surface area contributed by atoms with Crippen LogP contribution in [0.3, 0.4) is 0 Å². The van der Waals surface area contributed by atoms with Gasteiger partial charge in [-0.1, -0.05) is 41.9 Å². The molecule has 130 valence electrons. The topological polar surface area (TPSA) is 47.6 Å².